The van der Waals surface area contributed by atoms with Crippen molar-refractivity contribution in [3.63, 3.8) is 0 Å². The van der Waals surface area contributed by atoms with Crippen LogP contribution in [-0.4, -0.2) is 51.1 Å². The van der Waals surface area contributed by atoms with Crippen LogP contribution >= 0.6 is 0 Å². The maximum atomic E-state index is 9.31. The monoisotopic (exact) mass is 165 g/mol. The van der Waals surface area contributed by atoms with Crippen LogP contribution in [0.2, 0.25) is 0 Å². The minimum Gasteiger partial charge on any atom is -0.388 e. The van der Waals surface area contributed by atoms with Crippen LogP contribution in [0.3, 0.4) is 0 Å². The van der Waals surface area contributed by atoms with Crippen LogP contribution < -0.4 is 0 Å². The number of aliphatic hydroxyl groups is 4. The third-order valence-corrected chi connectivity index (χ3v) is 1.68. The van der Waals surface area contributed by atoms with Gasteiger partial charge in [-0.15, -0.1) is 0 Å². The van der Waals surface area contributed by atoms with Crippen molar-refractivity contribution in [3.8, 4) is 0 Å². The Labute approximate surface area is 65.3 Å². The minimum absolute atomic E-state index is 0.284. The summed E-state index contributed by atoms with van der Waals surface area (Å²) in [6.45, 7) is -0.869. The Kier molecular flexibility index (Phi) is 1.82. The van der Waals surface area contributed by atoms with Gasteiger partial charge >= 0.3 is 0 Å². The first kappa shape index (κ1) is 7.45. The molecule has 1 rings (SSSR count). The van der Waals surface area contributed by atoms with Crippen LogP contribution in [0.25, 0.3) is 0 Å². The number of aliphatic hydroxyl groups excluding tert-OH is 3. The SMILES string of the molecule is [2H]CC1(O)OC[C@@H](O)[C@H](O)[C@H]1O. The number of ether oxygens (including phenoxy) is 1. The molecule has 1 saturated heterocycles. The third-order valence-electron chi connectivity index (χ3n) is 1.68. The molecule has 5 heteroatoms. The van der Waals surface area contributed by atoms with Crippen molar-refractivity contribution in [2.45, 2.75) is 31.0 Å². The van der Waals surface area contributed by atoms with Crippen LogP contribution in [0, 0.1) is 0 Å². The average molecular weight is 165 g/mol. The predicted octanol–water partition coefficient (Wildman–Crippen LogP) is -2.19. The maximum absolute atomic E-state index is 9.31. The molecule has 0 bridgehead atoms. The van der Waals surface area contributed by atoms with Gasteiger partial charge in [0.25, 0.3) is 0 Å². The topological polar surface area (TPSA) is 90.2 Å². The number of hydrogen-bond donors (Lipinski definition) is 4. The zero-order valence-electron chi connectivity index (χ0n) is 6.84. The van der Waals surface area contributed by atoms with Crippen LogP contribution in [0.4, 0.5) is 0 Å². The Morgan fingerprint density at radius 1 is 1.55 bits per heavy atom. The highest BCUT2D eigenvalue weighted by molar-refractivity contribution is 4.88. The summed E-state index contributed by atoms with van der Waals surface area (Å²) in [7, 11) is 0. The molecule has 0 spiro atoms. The van der Waals surface area contributed by atoms with E-state index < -0.39 is 31.0 Å². The van der Waals surface area contributed by atoms with Gasteiger partial charge in [-0.25, -0.2) is 0 Å². The van der Waals surface area contributed by atoms with E-state index >= 15 is 0 Å². The molecule has 0 aromatic rings. The van der Waals surface area contributed by atoms with Gasteiger partial charge in [0.1, 0.15) is 18.3 Å². The molecule has 4 atom stereocenters. The van der Waals surface area contributed by atoms with E-state index in [0.717, 1.165) is 0 Å². The van der Waals surface area contributed by atoms with Crippen LogP contribution in [0.5, 0.6) is 0 Å². The average Bonchev–Trinajstić information content (AvgIpc) is 2.09. The lowest BCUT2D eigenvalue weighted by Crippen LogP contribution is -2.59. The highest BCUT2D eigenvalue weighted by Crippen LogP contribution is 2.22. The van der Waals surface area contributed by atoms with Gasteiger partial charge in [-0.3, -0.25) is 0 Å². The molecule has 1 heterocycles. The van der Waals surface area contributed by atoms with Crippen molar-refractivity contribution in [3.05, 3.63) is 0 Å². The summed E-state index contributed by atoms with van der Waals surface area (Å²) in [5, 5.41) is 36.5. The van der Waals surface area contributed by atoms with E-state index in [2.05, 4.69) is 4.74 Å². The summed E-state index contributed by atoms with van der Waals surface area (Å²) < 4.78 is 11.5. The summed E-state index contributed by atoms with van der Waals surface area (Å²) in [6, 6.07) is 0. The van der Waals surface area contributed by atoms with E-state index in [9.17, 15) is 5.11 Å². The standard InChI is InChI=1S/C6H12O5/c1-6(10)5(9)4(8)3(7)2-11-6/h3-5,7-10H,2H2,1H3/t3-,4+,5-,6?/m1/s1/i1D. The molecule has 0 amide bonds. The highest BCUT2D eigenvalue weighted by atomic mass is 16.6. The number of rotatable bonds is 0. The summed E-state index contributed by atoms with van der Waals surface area (Å²) in [6.07, 6.45) is -4.32. The molecule has 1 unspecified atom stereocenters. The Bertz CT molecular complexity index is 166. The second-order valence-electron chi connectivity index (χ2n) is 2.66. The summed E-state index contributed by atoms with van der Waals surface area (Å²) in [5.74, 6) is -2.06. The molecule has 0 radical (unpaired) electrons. The first-order valence-electron chi connectivity index (χ1n) is 3.92. The molecular formula is C6H12O5. The van der Waals surface area contributed by atoms with Gasteiger partial charge in [0, 0.05) is 1.37 Å². The Morgan fingerprint density at radius 3 is 2.73 bits per heavy atom. The predicted molar refractivity (Wildman–Crippen MR) is 34.6 cm³/mol. The fourth-order valence-corrected chi connectivity index (χ4v) is 0.891. The molecule has 4 N–H and O–H groups in total. The van der Waals surface area contributed by atoms with Crippen LogP contribution in [0.1, 0.15) is 8.27 Å². The molecule has 1 aliphatic heterocycles. The lowest BCUT2D eigenvalue weighted by molar-refractivity contribution is -0.312. The first-order valence-corrected chi connectivity index (χ1v) is 3.21. The van der Waals surface area contributed by atoms with E-state index in [-0.39, 0.29) is 6.61 Å². The largest absolute Gasteiger partial charge is 0.388 e. The van der Waals surface area contributed by atoms with Crippen molar-refractivity contribution < 1.29 is 26.5 Å². The van der Waals surface area contributed by atoms with Gasteiger partial charge in [-0.1, -0.05) is 0 Å². The molecule has 0 saturated carbocycles. The fraction of sp³-hybridized carbons (Fsp3) is 1.00. The number of hydrogen-bond acceptors (Lipinski definition) is 5. The first-order chi connectivity index (χ1) is 5.51. The van der Waals surface area contributed by atoms with Gasteiger partial charge in [0.15, 0.2) is 5.79 Å². The zero-order valence-corrected chi connectivity index (χ0v) is 5.84. The molecular weight excluding hydrogens is 152 g/mol. The smallest absolute Gasteiger partial charge is 0.191 e. The lowest BCUT2D eigenvalue weighted by atomic mass is 9.98. The van der Waals surface area contributed by atoms with Gasteiger partial charge < -0.3 is 25.2 Å². The lowest BCUT2D eigenvalue weighted by Gasteiger charge is -2.39. The van der Waals surface area contributed by atoms with Crippen molar-refractivity contribution in [1.82, 2.24) is 0 Å². The zero-order chi connectivity index (χ0) is 9.35. The van der Waals surface area contributed by atoms with Crippen molar-refractivity contribution >= 4 is 0 Å². The molecule has 1 fully saturated rings. The summed E-state index contributed by atoms with van der Waals surface area (Å²) in [5.41, 5.74) is 0. The Balaban J connectivity index is 2.71. The van der Waals surface area contributed by atoms with Gasteiger partial charge in [0.05, 0.1) is 6.61 Å². The van der Waals surface area contributed by atoms with Gasteiger partial charge in [-0.2, -0.15) is 0 Å². The molecule has 0 aromatic heterocycles. The Morgan fingerprint density at radius 2 is 2.18 bits per heavy atom. The third kappa shape index (κ3) is 1.52. The molecule has 11 heavy (non-hydrogen) atoms. The molecule has 5 nitrogen and oxygen atoms in total. The van der Waals surface area contributed by atoms with Crippen molar-refractivity contribution in [2.24, 2.45) is 0 Å². The van der Waals surface area contributed by atoms with Crippen LogP contribution in [0.15, 0.2) is 0 Å². The molecule has 66 valence electrons. The van der Waals surface area contributed by atoms with Crippen LogP contribution in [-0.2, 0) is 4.74 Å². The van der Waals surface area contributed by atoms with E-state index in [1.165, 1.54) is 0 Å². The minimum atomic E-state index is -2.06. The quantitative estimate of drug-likeness (QED) is 0.327. The van der Waals surface area contributed by atoms with E-state index in [1.54, 1.807) is 0 Å². The van der Waals surface area contributed by atoms with E-state index in [0.29, 0.717) is 0 Å². The van der Waals surface area contributed by atoms with E-state index in [4.69, 9.17) is 16.7 Å². The second-order valence-corrected chi connectivity index (χ2v) is 2.66. The summed E-state index contributed by atoms with van der Waals surface area (Å²) >= 11 is 0. The summed E-state index contributed by atoms with van der Waals surface area (Å²) in [4.78, 5) is 0. The maximum Gasteiger partial charge on any atom is 0.191 e. The molecule has 0 aliphatic carbocycles. The van der Waals surface area contributed by atoms with E-state index in [1.807, 2.05) is 0 Å². The Hall–Kier alpha value is -0.200. The normalized spacial score (nSPS) is 53.8. The van der Waals surface area contributed by atoms with Crippen molar-refractivity contribution in [2.75, 3.05) is 6.61 Å². The second kappa shape index (κ2) is 2.69. The molecule has 1 aliphatic rings. The van der Waals surface area contributed by atoms with Crippen molar-refractivity contribution in [1.29, 1.82) is 0 Å². The van der Waals surface area contributed by atoms with Gasteiger partial charge in [-0.05, 0) is 6.90 Å². The molecule has 0 aromatic carbocycles. The fourth-order valence-electron chi connectivity index (χ4n) is 0.891. The highest BCUT2D eigenvalue weighted by Gasteiger charge is 2.44. The van der Waals surface area contributed by atoms with Gasteiger partial charge in [0.2, 0.25) is 0 Å².